The van der Waals surface area contributed by atoms with E-state index in [4.69, 9.17) is 9.47 Å². The zero-order valence-corrected chi connectivity index (χ0v) is 9.27. The Morgan fingerprint density at radius 3 is 2.73 bits per heavy atom. The van der Waals surface area contributed by atoms with Crippen molar-refractivity contribution in [3.8, 4) is 0 Å². The van der Waals surface area contributed by atoms with Crippen LogP contribution in [0.15, 0.2) is 12.4 Å². The molecule has 0 bridgehead atoms. The third-order valence-corrected chi connectivity index (χ3v) is 2.01. The van der Waals surface area contributed by atoms with Crippen molar-refractivity contribution in [2.75, 3.05) is 14.2 Å². The number of nitrogens with zero attached hydrogens (tertiary/aromatic N) is 2. The zero-order valence-electron chi connectivity index (χ0n) is 9.27. The average molecular weight is 212 g/mol. The first-order valence-corrected chi connectivity index (χ1v) is 4.85. The molecule has 1 rings (SSSR count). The van der Waals surface area contributed by atoms with Crippen LogP contribution in [0, 0.1) is 0 Å². The Hall–Kier alpha value is -1.20. The maximum atomic E-state index is 11.7. The number of ketones is 1. The fraction of sp³-hybridized carbons (Fsp3) is 0.600. The fourth-order valence-corrected chi connectivity index (χ4v) is 1.29. The van der Waals surface area contributed by atoms with Crippen molar-refractivity contribution in [3.63, 3.8) is 0 Å². The Balaban J connectivity index is 2.73. The van der Waals surface area contributed by atoms with Crippen LogP contribution in [0.5, 0.6) is 0 Å². The lowest BCUT2D eigenvalue weighted by Crippen LogP contribution is -2.24. The largest absolute Gasteiger partial charge is 0.349 e. The van der Waals surface area contributed by atoms with Gasteiger partial charge in [0.05, 0.1) is 11.8 Å². The van der Waals surface area contributed by atoms with Crippen LogP contribution in [-0.2, 0) is 16.0 Å². The molecule has 0 fully saturated rings. The van der Waals surface area contributed by atoms with Crippen molar-refractivity contribution in [3.05, 3.63) is 18.0 Å². The van der Waals surface area contributed by atoms with Gasteiger partial charge in [0.1, 0.15) is 0 Å². The quantitative estimate of drug-likeness (QED) is 0.523. The van der Waals surface area contributed by atoms with Crippen molar-refractivity contribution in [2.45, 2.75) is 26.2 Å². The lowest BCUT2D eigenvalue weighted by atomic mass is 10.2. The van der Waals surface area contributed by atoms with E-state index in [9.17, 15) is 4.79 Å². The third-order valence-electron chi connectivity index (χ3n) is 2.01. The minimum Gasteiger partial charge on any atom is -0.349 e. The molecular formula is C10H16N2O3. The van der Waals surface area contributed by atoms with Crippen molar-refractivity contribution in [1.82, 2.24) is 9.78 Å². The molecule has 84 valence electrons. The van der Waals surface area contributed by atoms with Gasteiger partial charge >= 0.3 is 0 Å². The molecule has 1 aromatic rings. The second-order valence-electron chi connectivity index (χ2n) is 3.16. The number of carbonyl (C=O) groups is 1. The summed E-state index contributed by atoms with van der Waals surface area (Å²) in [5.74, 6) is -0.206. The second kappa shape index (κ2) is 5.63. The minimum atomic E-state index is -0.843. The number of Topliss-reactive ketones (excluding diaryl/α,β-unsaturated/α-hetero) is 1. The number of ether oxygens (including phenoxy) is 2. The van der Waals surface area contributed by atoms with Crippen LogP contribution in [0.1, 0.15) is 23.7 Å². The van der Waals surface area contributed by atoms with Crippen molar-refractivity contribution in [1.29, 1.82) is 0 Å². The Morgan fingerprint density at radius 2 is 2.20 bits per heavy atom. The topological polar surface area (TPSA) is 53.4 Å². The normalized spacial score (nSPS) is 10.9. The van der Waals surface area contributed by atoms with Crippen LogP contribution in [0.3, 0.4) is 0 Å². The first kappa shape index (κ1) is 11.9. The molecule has 0 amide bonds. The van der Waals surface area contributed by atoms with Crippen LogP contribution in [0.2, 0.25) is 0 Å². The van der Waals surface area contributed by atoms with Crippen LogP contribution < -0.4 is 0 Å². The maximum absolute atomic E-state index is 11.7. The molecule has 5 heteroatoms. The molecular weight excluding hydrogens is 196 g/mol. The molecule has 0 N–H and O–H groups in total. The summed E-state index contributed by atoms with van der Waals surface area (Å²) >= 11 is 0. The SMILES string of the molecule is CCCn1cc(C(=O)C(OC)OC)cn1. The van der Waals surface area contributed by atoms with Gasteiger partial charge < -0.3 is 9.47 Å². The van der Waals surface area contributed by atoms with Gasteiger partial charge in [-0.1, -0.05) is 6.92 Å². The van der Waals surface area contributed by atoms with Gasteiger partial charge in [0, 0.05) is 27.0 Å². The highest BCUT2D eigenvalue weighted by Crippen LogP contribution is 2.06. The Morgan fingerprint density at radius 1 is 1.53 bits per heavy atom. The van der Waals surface area contributed by atoms with Gasteiger partial charge in [-0.15, -0.1) is 0 Å². The molecule has 1 heterocycles. The molecule has 0 aliphatic rings. The summed E-state index contributed by atoms with van der Waals surface area (Å²) in [4.78, 5) is 11.7. The highest BCUT2D eigenvalue weighted by Gasteiger charge is 2.20. The molecule has 0 unspecified atom stereocenters. The van der Waals surface area contributed by atoms with Gasteiger partial charge in [-0.3, -0.25) is 9.48 Å². The van der Waals surface area contributed by atoms with E-state index in [2.05, 4.69) is 12.0 Å². The molecule has 1 aromatic heterocycles. The molecule has 0 radical (unpaired) electrons. The van der Waals surface area contributed by atoms with E-state index in [1.807, 2.05) is 0 Å². The molecule has 0 aromatic carbocycles. The predicted octanol–water partition coefficient (Wildman–Crippen LogP) is 1.09. The van der Waals surface area contributed by atoms with E-state index in [-0.39, 0.29) is 5.78 Å². The summed E-state index contributed by atoms with van der Waals surface area (Å²) in [5, 5.41) is 4.06. The van der Waals surface area contributed by atoms with Crippen LogP contribution in [0.25, 0.3) is 0 Å². The number of aryl methyl sites for hydroxylation is 1. The summed E-state index contributed by atoms with van der Waals surface area (Å²) in [6.45, 7) is 2.86. The number of methoxy groups -OCH3 is 2. The zero-order chi connectivity index (χ0) is 11.3. The number of carbonyl (C=O) groups excluding carboxylic acids is 1. The third kappa shape index (κ3) is 2.87. The van der Waals surface area contributed by atoms with Crippen LogP contribution >= 0.6 is 0 Å². The van der Waals surface area contributed by atoms with E-state index in [0.717, 1.165) is 13.0 Å². The first-order valence-electron chi connectivity index (χ1n) is 4.85. The van der Waals surface area contributed by atoms with E-state index < -0.39 is 6.29 Å². The van der Waals surface area contributed by atoms with E-state index in [1.165, 1.54) is 20.4 Å². The van der Waals surface area contributed by atoms with Crippen molar-refractivity contribution >= 4 is 5.78 Å². The molecule has 0 aliphatic heterocycles. The molecule has 5 nitrogen and oxygen atoms in total. The molecule has 0 spiro atoms. The average Bonchev–Trinajstić information content (AvgIpc) is 2.68. The van der Waals surface area contributed by atoms with Gasteiger partial charge in [-0.05, 0) is 6.42 Å². The van der Waals surface area contributed by atoms with E-state index in [1.54, 1.807) is 10.9 Å². The Kier molecular flexibility index (Phi) is 4.45. The summed E-state index contributed by atoms with van der Waals surface area (Å²) in [5.41, 5.74) is 0.511. The molecule has 0 saturated carbocycles. The van der Waals surface area contributed by atoms with Gasteiger partial charge in [-0.2, -0.15) is 5.10 Å². The Bertz CT molecular complexity index is 318. The van der Waals surface area contributed by atoms with Gasteiger partial charge in [-0.25, -0.2) is 0 Å². The smallest absolute Gasteiger partial charge is 0.222 e. The highest BCUT2D eigenvalue weighted by molar-refractivity contribution is 5.98. The number of hydrogen-bond acceptors (Lipinski definition) is 4. The maximum Gasteiger partial charge on any atom is 0.222 e. The summed E-state index contributed by atoms with van der Waals surface area (Å²) in [6.07, 6.45) is 3.37. The fourth-order valence-electron chi connectivity index (χ4n) is 1.29. The first-order chi connectivity index (χ1) is 7.22. The summed E-state index contributed by atoms with van der Waals surface area (Å²) < 4.78 is 11.5. The Labute approximate surface area is 89.0 Å². The standard InChI is InChI=1S/C10H16N2O3/c1-4-5-12-7-8(6-11-12)9(13)10(14-2)15-3/h6-7,10H,4-5H2,1-3H3. The van der Waals surface area contributed by atoms with Crippen molar-refractivity contribution in [2.24, 2.45) is 0 Å². The lowest BCUT2D eigenvalue weighted by Gasteiger charge is -2.09. The summed E-state index contributed by atoms with van der Waals surface area (Å²) in [6, 6.07) is 0. The van der Waals surface area contributed by atoms with Gasteiger partial charge in [0.2, 0.25) is 12.1 Å². The molecule has 0 saturated heterocycles. The summed E-state index contributed by atoms with van der Waals surface area (Å²) in [7, 11) is 2.87. The number of aromatic nitrogens is 2. The van der Waals surface area contributed by atoms with Crippen LogP contribution in [-0.4, -0.2) is 36.1 Å². The van der Waals surface area contributed by atoms with Gasteiger partial charge in [0.25, 0.3) is 0 Å². The molecule has 0 atom stereocenters. The van der Waals surface area contributed by atoms with E-state index in [0.29, 0.717) is 5.56 Å². The molecule has 15 heavy (non-hydrogen) atoms. The number of rotatable bonds is 6. The predicted molar refractivity (Wildman–Crippen MR) is 54.7 cm³/mol. The van der Waals surface area contributed by atoms with Gasteiger partial charge in [0.15, 0.2) is 0 Å². The second-order valence-corrected chi connectivity index (χ2v) is 3.16. The molecule has 0 aliphatic carbocycles. The highest BCUT2D eigenvalue weighted by atomic mass is 16.7. The number of hydrogen-bond donors (Lipinski definition) is 0. The lowest BCUT2D eigenvalue weighted by molar-refractivity contribution is -0.0742. The van der Waals surface area contributed by atoms with Crippen molar-refractivity contribution < 1.29 is 14.3 Å². The van der Waals surface area contributed by atoms with Crippen LogP contribution in [0.4, 0.5) is 0 Å². The minimum absolute atomic E-state index is 0.206. The monoisotopic (exact) mass is 212 g/mol. The van der Waals surface area contributed by atoms with E-state index >= 15 is 0 Å².